The van der Waals surface area contributed by atoms with Gasteiger partial charge in [-0.2, -0.15) is 11.8 Å². The Kier molecular flexibility index (Phi) is 4.77. The Hall–Kier alpha value is -0.0100. The lowest BCUT2D eigenvalue weighted by Crippen LogP contribution is -2.29. The van der Waals surface area contributed by atoms with Crippen LogP contribution in [0.2, 0.25) is 10.2 Å². The van der Waals surface area contributed by atoms with Gasteiger partial charge < -0.3 is 0 Å². The van der Waals surface area contributed by atoms with Crippen molar-refractivity contribution in [1.82, 2.24) is 9.71 Å². The molecule has 1 saturated heterocycles. The van der Waals surface area contributed by atoms with Crippen molar-refractivity contribution >= 4 is 45.0 Å². The maximum atomic E-state index is 12.0. The molecule has 1 aromatic heterocycles. The summed E-state index contributed by atoms with van der Waals surface area (Å²) in [6, 6.07) is 1.31. The number of thioether (sulfide) groups is 1. The predicted octanol–water partition coefficient (Wildman–Crippen LogP) is 2.56. The topological polar surface area (TPSA) is 59.1 Å². The minimum atomic E-state index is -3.56. The maximum absolute atomic E-state index is 12.0. The molecule has 0 aromatic carbocycles. The van der Waals surface area contributed by atoms with Crippen molar-refractivity contribution in [3.8, 4) is 0 Å². The minimum absolute atomic E-state index is 0.0416. The van der Waals surface area contributed by atoms with Crippen LogP contribution in [0.4, 0.5) is 0 Å². The fourth-order valence-electron chi connectivity index (χ4n) is 1.64. The first kappa shape index (κ1) is 14.4. The molecule has 1 aliphatic heterocycles. The van der Waals surface area contributed by atoms with Crippen LogP contribution in [0.25, 0.3) is 0 Å². The van der Waals surface area contributed by atoms with Crippen molar-refractivity contribution in [3.63, 3.8) is 0 Å². The van der Waals surface area contributed by atoms with E-state index in [-0.39, 0.29) is 15.1 Å². The second-order valence-corrected chi connectivity index (χ2v) is 7.87. The third-order valence-electron chi connectivity index (χ3n) is 2.61. The van der Waals surface area contributed by atoms with Gasteiger partial charge in [-0.15, -0.1) is 0 Å². The molecule has 100 valence electrons. The van der Waals surface area contributed by atoms with E-state index in [0.717, 1.165) is 18.6 Å². The number of nitrogens with one attached hydrogen (secondary N) is 1. The average Bonchev–Trinajstić information content (AvgIpc) is 2.83. The minimum Gasteiger partial charge on any atom is -0.242 e. The zero-order valence-corrected chi connectivity index (χ0v) is 12.5. The molecule has 8 heteroatoms. The van der Waals surface area contributed by atoms with E-state index < -0.39 is 10.0 Å². The maximum Gasteiger partial charge on any atom is 0.242 e. The van der Waals surface area contributed by atoms with Crippen LogP contribution >= 0.6 is 35.0 Å². The summed E-state index contributed by atoms with van der Waals surface area (Å²) in [5.41, 5.74) is 0. The number of sulfonamides is 1. The Morgan fingerprint density at radius 1 is 1.50 bits per heavy atom. The van der Waals surface area contributed by atoms with E-state index in [0.29, 0.717) is 11.8 Å². The molecule has 1 N–H and O–H groups in total. The number of nitrogens with zero attached hydrogens (tertiary/aromatic N) is 1. The van der Waals surface area contributed by atoms with Crippen molar-refractivity contribution in [2.24, 2.45) is 0 Å². The predicted molar refractivity (Wildman–Crippen MR) is 74.9 cm³/mol. The lowest BCUT2D eigenvalue weighted by Gasteiger charge is -2.10. The number of aromatic nitrogens is 1. The van der Waals surface area contributed by atoms with E-state index in [4.69, 9.17) is 23.2 Å². The number of hydrogen-bond acceptors (Lipinski definition) is 4. The molecule has 1 fully saturated rings. The van der Waals surface area contributed by atoms with Crippen molar-refractivity contribution in [2.75, 3.05) is 12.3 Å². The van der Waals surface area contributed by atoms with Gasteiger partial charge in [-0.3, -0.25) is 0 Å². The van der Waals surface area contributed by atoms with Gasteiger partial charge in [0.05, 0.1) is 5.02 Å². The molecule has 0 saturated carbocycles. The van der Waals surface area contributed by atoms with Gasteiger partial charge in [0.2, 0.25) is 10.0 Å². The summed E-state index contributed by atoms with van der Waals surface area (Å²) in [5.74, 6) is 1.10. The molecule has 0 amide bonds. The first-order valence-electron chi connectivity index (χ1n) is 5.41. The van der Waals surface area contributed by atoms with Gasteiger partial charge in [0, 0.05) is 18.0 Å². The van der Waals surface area contributed by atoms with Crippen LogP contribution in [0.15, 0.2) is 17.2 Å². The quantitative estimate of drug-likeness (QED) is 0.864. The molecule has 1 aliphatic rings. The van der Waals surface area contributed by atoms with Crippen molar-refractivity contribution < 1.29 is 8.42 Å². The monoisotopic (exact) mass is 326 g/mol. The van der Waals surface area contributed by atoms with Gasteiger partial charge in [0.15, 0.2) is 0 Å². The zero-order chi connectivity index (χ0) is 13.2. The van der Waals surface area contributed by atoms with Crippen molar-refractivity contribution in [3.05, 3.63) is 22.4 Å². The second-order valence-electron chi connectivity index (χ2n) is 3.93. The molecule has 0 spiro atoms. The third-order valence-corrected chi connectivity index (χ3v) is 6.08. The highest BCUT2D eigenvalue weighted by Crippen LogP contribution is 2.26. The number of halogens is 2. The van der Waals surface area contributed by atoms with Crippen LogP contribution < -0.4 is 4.72 Å². The highest BCUT2D eigenvalue weighted by Gasteiger charge is 2.21. The molecular weight excluding hydrogens is 315 g/mol. The Balaban J connectivity index is 2.07. The number of pyridine rings is 1. The molecule has 0 aliphatic carbocycles. The van der Waals surface area contributed by atoms with E-state index in [1.165, 1.54) is 12.3 Å². The summed E-state index contributed by atoms with van der Waals surface area (Å²) in [6.07, 6.45) is 3.40. The molecule has 0 bridgehead atoms. The SMILES string of the molecule is O=S(=O)(NCC1CCCS1)c1cnc(Cl)c(Cl)c1. The lowest BCUT2D eigenvalue weighted by molar-refractivity contribution is 0.578. The van der Waals surface area contributed by atoms with Crippen LogP contribution in [-0.4, -0.2) is 30.9 Å². The standard InChI is InChI=1S/C10H12Cl2N2O2S2/c11-9-4-8(6-13-10(9)12)18(15,16)14-5-7-2-1-3-17-7/h4,6-7,14H,1-3,5H2. The highest BCUT2D eigenvalue weighted by atomic mass is 35.5. The molecular formula is C10H12Cl2N2O2S2. The van der Waals surface area contributed by atoms with Gasteiger partial charge in [0.1, 0.15) is 10.0 Å². The lowest BCUT2D eigenvalue weighted by atomic mass is 10.2. The molecule has 2 heterocycles. The Bertz CT molecular complexity index is 531. The molecule has 2 rings (SSSR count). The summed E-state index contributed by atoms with van der Waals surface area (Å²) in [6.45, 7) is 0.438. The van der Waals surface area contributed by atoms with Gasteiger partial charge in [-0.05, 0) is 24.7 Å². The fraction of sp³-hybridized carbons (Fsp3) is 0.500. The van der Waals surface area contributed by atoms with Crippen LogP contribution in [0.3, 0.4) is 0 Å². The fourth-order valence-corrected chi connectivity index (χ4v) is 4.33. The number of hydrogen-bond donors (Lipinski definition) is 1. The normalized spacial score (nSPS) is 20.2. The van der Waals surface area contributed by atoms with Gasteiger partial charge in [0.25, 0.3) is 0 Å². The van der Waals surface area contributed by atoms with E-state index in [9.17, 15) is 8.42 Å². The van der Waals surface area contributed by atoms with Crippen LogP contribution in [0.5, 0.6) is 0 Å². The second kappa shape index (κ2) is 5.96. The van der Waals surface area contributed by atoms with Crippen molar-refractivity contribution in [1.29, 1.82) is 0 Å². The molecule has 4 nitrogen and oxygen atoms in total. The van der Waals surface area contributed by atoms with Crippen molar-refractivity contribution in [2.45, 2.75) is 23.0 Å². The van der Waals surface area contributed by atoms with Crippen LogP contribution in [-0.2, 0) is 10.0 Å². The summed E-state index contributed by atoms with van der Waals surface area (Å²) >= 11 is 13.2. The molecule has 0 radical (unpaired) electrons. The summed E-state index contributed by atoms with van der Waals surface area (Å²) in [4.78, 5) is 3.78. The highest BCUT2D eigenvalue weighted by molar-refractivity contribution is 8.00. The van der Waals surface area contributed by atoms with Crippen LogP contribution in [0.1, 0.15) is 12.8 Å². The molecule has 1 unspecified atom stereocenters. The molecule has 1 aromatic rings. The van der Waals surface area contributed by atoms with E-state index >= 15 is 0 Å². The van der Waals surface area contributed by atoms with E-state index in [1.807, 2.05) is 0 Å². The largest absolute Gasteiger partial charge is 0.242 e. The van der Waals surface area contributed by atoms with Gasteiger partial charge in [-0.25, -0.2) is 18.1 Å². The Morgan fingerprint density at radius 2 is 2.28 bits per heavy atom. The Labute approximate surface area is 121 Å². The summed E-state index contributed by atoms with van der Waals surface area (Å²) in [5, 5.41) is 0.590. The first-order chi connectivity index (χ1) is 8.49. The number of rotatable bonds is 4. The molecule has 1 atom stereocenters. The van der Waals surface area contributed by atoms with E-state index in [1.54, 1.807) is 11.8 Å². The first-order valence-corrected chi connectivity index (χ1v) is 8.70. The Morgan fingerprint density at radius 3 is 2.89 bits per heavy atom. The van der Waals surface area contributed by atoms with Gasteiger partial charge in [-0.1, -0.05) is 23.2 Å². The van der Waals surface area contributed by atoms with Gasteiger partial charge >= 0.3 is 0 Å². The smallest absolute Gasteiger partial charge is 0.242 e. The summed E-state index contributed by atoms with van der Waals surface area (Å²) in [7, 11) is -3.56. The van der Waals surface area contributed by atoms with Crippen LogP contribution in [0, 0.1) is 0 Å². The third kappa shape index (κ3) is 3.51. The van der Waals surface area contributed by atoms with E-state index in [2.05, 4.69) is 9.71 Å². The zero-order valence-electron chi connectivity index (χ0n) is 9.40. The average molecular weight is 327 g/mol. The summed E-state index contributed by atoms with van der Waals surface area (Å²) < 4.78 is 26.6. The molecule has 18 heavy (non-hydrogen) atoms.